The van der Waals surface area contributed by atoms with Gasteiger partial charge in [-0.3, -0.25) is 4.90 Å². The first-order valence-corrected chi connectivity index (χ1v) is 7.16. The Labute approximate surface area is 127 Å². The van der Waals surface area contributed by atoms with E-state index in [9.17, 15) is 4.79 Å². The minimum Gasteiger partial charge on any atom is -0.474 e. The minimum absolute atomic E-state index is 0.0128. The lowest BCUT2D eigenvalue weighted by Gasteiger charge is -2.37. The number of nitrogens with zero attached hydrogens (tertiary/aromatic N) is 3. The zero-order valence-corrected chi connectivity index (χ0v) is 12.6. The molecule has 0 aromatic carbocycles. The summed E-state index contributed by atoms with van der Waals surface area (Å²) in [5.74, 6) is 0.505. The molecular formula is C14H16ClN3O3. The largest absolute Gasteiger partial charge is 0.474 e. The van der Waals surface area contributed by atoms with Gasteiger partial charge in [-0.15, -0.1) is 0 Å². The first-order chi connectivity index (χ1) is 10.1. The molecule has 0 spiro atoms. The third-order valence-electron chi connectivity index (χ3n) is 3.92. The Morgan fingerprint density at radius 3 is 2.62 bits per heavy atom. The van der Waals surface area contributed by atoms with Gasteiger partial charge in [-0.05, 0) is 6.92 Å². The van der Waals surface area contributed by atoms with Gasteiger partial charge in [-0.25, -0.2) is 14.8 Å². The van der Waals surface area contributed by atoms with Crippen molar-refractivity contribution in [2.75, 3.05) is 7.11 Å². The predicted octanol–water partition coefficient (Wildman–Crippen LogP) is 2.36. The molecule has 7 heteroatoms. The van der Waals surface area contributed by atoms with Crippen LogP contribution in [0, 0.1) is 6.92 Å². The molecule has 0 aliphatic carbocycles. The number of amides is 1. The molecule has 3 rings (SSSR count). The summed E-state index contributed by atoms with van der Waals surface area (Å²) in [6.07, 6.45) is 6.57. The van der Waals surface area contributed by atoms with E-state index >= 15 is 0 Å². The van der Waals surface area contributed by atoms with E-state index in [1.807, 2.05) is 19.1 Å². The molecule has 1 fully saturated rings. The van der Waals surface area contributed by atoms with E-state index in [1.165, 1.54) is 13.4 Å². The SMILES string of the molecule is COC(=O)N1C2C=CC1CC(Oc1ncnc(Cl)c1C)C2. The molecule has 0 saturated carbocycles. The Bertz CT molecular complexity index is 577. The van der Waals surface area contributed by atoms with Gasteiger partial charge in [0, 0.05) is 18.4 Å². The van der Waals surface area contributed by atoms with Crippen LogP contribution in [0.4, 0.5) is 4.79 Å². The fourth-order valence-electron chi connectivity index (χ4n) is 2.87. The van der Waals surface area contributed by atoms with E-state index in [-0.39, 0.29) is 24.3 Å². The van der Waals surface area contributed by atoms with Gasteiger partial charge in [0.15, 0.2) is 0 Å². The predicted molar refractivity (Wildman–Crippen MR) is 76.4 cm³/mol. The number of hydrogen-bond acceptors (Lipinski definition) is 5. The van der Waals surface area contributed by atoms with Crippen LogP contribution in [-0.4, -0.2) is 46.3 Å². The number of halogens is 1. The van der Waals surface area contributed by atoms with Crippen LogP contribution in [0.15, 0.2) is 18.5 Å². The number of piperidine rings is 1. The average molecular weight is 310 g/mol. The van der Waals surface area contributed by atoms with Crippen LogP contribution in [0.3, 0.4) is 0 Å². The first kappa shape index (κ1) is 14.1. The summed E-state index contributed by atoms with van der Waals surface area (Å²) in [4.78, 5) is 21.6. The highest BCUT2D eigenvalue weighted by atomic mass is 35.5. The minimum atomic E-state index is -0.297. The molecule has 2 bridgehead atoms. The topological polar surface area (TPSA) is 64.5 Å². The van der Waals surface area contributed by atoms with E-state index in [4.69, 9.17) is 21.1 Å². The molecule has 2 atom stereocenters. The van der Waals surface area contributed by atoms with Gasteiger partial charge in [0.25, 0.3) is 0 Å². The lowest BCUT2D eigenvalue weighted by atomic mass is 9.99. The van der Waals surface area contributed by atoms with Crippen molar-refractivity contribution in [3.63, 3.8) is 0 Å². The molecule has 21 heavy (non-hydrogen) atoms. The van der Waals surface area contributed by atoms with Crippen molar-refractivity contribution in [2.24, 2.45) is 0 Å². The standard InChI is InChI=1S/C14H16ClN3O3/c1-8-12(15)16-7-17-13(8)21-11-5-9-3-4-10(6-11)18(9)14(19)20-2/h3-4,7,9-11H,5-6H2,1-2H3. The monoisotopic (exact) mass is 309 g/mol. The van der Waals surface area contributed by atoms with E-state index in [0.29, 0.717) is 23.9 Å². The molecule has 1 aromatic heterocycles. The van der Waals surface area contributed by atoms with Gasteiger partial charge in [-0.1, -0.05) is 23.8 Å². The second-order valence-corrected chi connectivity index (χ2v) is 5.56. The summed E-state index contributed by atoms with van der Waals surface area (Å²) < 4.78 is 10.8. The molecule has 2 aliphatic rings. The average Bonchev–Trinajstić information content (AvgIpc) is 2.74. The molecule has 112 valence electrons. The number of ether oxygens (including phenoxy) is 2. The number of methoxy groups -OCH3 is 1. The maximum Gasteiger partial charge on any atom is 0.410 e. The van der Waals surface area contributed by atoms with Crippen LogP contribution in [0.2, 0.25) is 5.15 Å². The Kier molecular flexibility index (Phi) is 3.71. The fraction of sp³-hybridized carbons (Fsp3) is 0.500. The fourth-order valence-corrected chi connectivity index (χ4v) is 2.99. The second-order valence-electron chi connectivity index (χ2n) is 5.20. The van der Waals surface area contributed by atoms with Crippen LogP contribution in [0.25, 0.3) is 0 Å². The van der Waals surface area contributed by atoms with Crippen LogP contribution < -0.4 is 4.74 Å². The van der Waals surface area contributed by atoms with Gasteiger partial charge >= 0.3 is 6.09 Å². The number of carbonyl (C=O) groups is 1. The number of hydrogen-bond donors (Lipinski definition) is 0. The van der Waals surface area contributed by atoms with Crippen molar-refractivity contribution in [1.29, 1.82) is 0 Å². The van der Waals surface area contributed by atoms with E-state index in [2.05, 4.69) is 9.97 Å². The van der Waals surface area contributed by atoms with E-state index in [0.717, 1.165) is 5.56 Å². The Hall–Kier alpha value is -1.82. The Balaban J connectivity index is 1.71. The van der Waals surface area contributed by atoms with Crippen molar-refractivity contribution in [3.05, 3.63) is 29.2 Å². The Morgan fingerprint density at radius 2 is 2.00 bits per heavy atom. The number of carbonyl (C=O) groups excluding carboxylic acids is 1. The third-order valence-corrected chi connectivity index (χ3v) is 4.30. The lowest BCUT2D eigenvalue weighted by molar-refractivity contribution is 0.0466. The van der Waals surface area contributed by atoms with E-state index in [1.54, 1.807) is 4.90 Å². The molecule has 1 saturated heterocycles. The van der Waals surface area contributed by atoms with E-state index < -0.39 is 0 Å². The highest BCUT2D eigenvalue weighted by molar-refractivity contribution is 6.30. The third kappa shape index (κ3) is 2.55. The maximum absolute atomic E-state index is 11.8. The van der Waals surface area contributed by atoms with Crippen LogP contribution >= 0.6 is 11.6 Å². The summed E-state index contributed by atoms with van der Waals surface area (Å²) in [7, 11) is 1.40. The van der Waals surface area contributed by atoms with Gasteiger partial charge in [-0.2, -0.15) is 0 Å². The normalized spacial score (nSPS) is 26.8. The summed E-state index contributed by atoms with van der Waals surface area (Å²) in [5, 5.41) is 0.396. The van der Waals surface area contributed by atoms with Crippen LogP contribution in [0.1, 0.15) is 18.4 Å². The molecule has 3 heterocycles. The number of aromatic nitrogens is 2. The number of rotatable bonds is 2. The second kappa shape index (κ2) is 5.52. The molecule has 2 unspecified atom stereocenters. The number of fused-ring (bicyclic) bond motifs is 2. The molecule has 1 aromatic rings. The van der Waals surface area contributed by atoms with Crippen molar-refractivity contribution >= 4 is 17.7 Å². The first-order valence-electron chi connectivity index (χ1n) is 6.78. The zero-order valence-electron chi connectivity index (χ0n) is 11.8. The van der Waals surface area contributed by atoms with Crippen LogP contribution in [-0.2, 0) is 4.74 Å². The quantitative estimate of drug-likeness (QED) is 0.620. The zero-order chi connectivity index (χ0) is 15.0. The lowest BCUT2D eigenvalue weighted by Crippen LogP contribution is -2.50. The molecule has 6 nitrogen and oxygen atoms in total. The van der Waals surface area contributed by atoms with Crippen molar-refractivity contribution in [3.8, 4) is 5.88 Å². The molecular weight excluding hydrogens is 294 g/mol. The highest BCUT2D eigenvalue weighted by Gasteiger charge is 2.41. The summed E-state index contributed by atoms with van der Waals surface area (Å²) >= 11 is 5.97. The summed E-state index contributed by atoms with van der Waals surface area (Å²) in [5.41, 5.74) is 0.731. The van der Waals surface area contributed by atoms with Gasteiger partial charge in [0.2, 0.25) is 5.88 Å². The molecule has 0 radical (unpaired) electrons. The highest BCUT2D eigenvalue weighted by Crippen LogP contribution is 2.33. The summed E-state index contributed by atoms with van der Waals surface area (Å²) in [6, 6.07) is 0.0256. The van der Waals surface area contributed by atoms with Crippen molar-refractivity contribution in [2.45, 2.75) is 38.0 Å². The molecule has 0 N–H and O–H groups in total. The summed E-state index contributed by atoms with van der Waals surface area (Å²) in [6.45, 7) is 1.83. The van der Waals surface area contributed by atoms with Crippen LogP contribution in [0.5, 0.6) is 5.88 Å². The van der Waals surface area contributed by atoms with Gasteiger partial charge in [0.05, 0.1) is 19.2 Å². The molecule has 2 aliphatic heterocycles. The van der Waals surface area contributed by atoms with Crippen molar-refractivity contribution < 1.29 is 14.3 Å². The smallest absolute Gasteiger partial charge is 0.410 e. The van der Waals surface area contributed by atoms with Gasteiger partial charge in [0.1, 0.15) is 17.6 Å². The van der Waals surface area contributed by atoms with Crippen molar-refractivity contribution in [1.82, 2.24) is 14.9 Å². The maximum atomic E-state index is 11.8. The molecule has 1 amide bonds. The van der Waals surface area contributed by atoms with Gasteiger partial charge < -0.3 is 9.47 Å². The Morgan fingerprint density at radius 1 is 1.33 bits per heavy atom.